The van der Waals surface area contributed by atoms with E-state index in [1.165, 1.54) is 0 Å². The summed E-state index contributed by atoms with van der Waals surface area (Å²) in [5, 5.41) is 11.8. The normalized spacial score (nSPS) is 12.5. The molecule has 0 aromatic carbocycles. The van der Waals surface area contributed by atoms with Crippen molar-refractivity contribution in [3.63, 3.8) is 0 Å². The average Bonchev–Trinajstić information content (AvgIpc) is 2.01. The summed E-state index contributed by atoms with van der Waals surface area (Å²) in [7, 11) is 0. The maximum Gasteiger partial charge on any atom is 0.223 e. The Balaban J connectivity index is 2.66. The molecule has 1 aromatic rings. The second-order valence-corrected chi connectivity index (χ2v) is 3.80. The molecule has 1 heterocycles. The van der Waals surface area contributed by atoms with Crippen LogP contribution in [0.25, 0.3) is 0 Å². The van der Waals surface area contributed by atoms with Gasteiger partial charge in [-0.05, 0) is 29.3 Å². The Morgan fingerprint density at radius 3 is 2.93 bits per heavy atom. The molecule has 1 aromatic heterocycles. The molecule has 0 saturated heterocycles. The number of aliphatic hydroxyl groups is 1. The van der Waals surface area contributed by atoms with Gasteiger partial charge in [0.05, 0.1) is 0 Å². The Bertz CT molecular complexity index is 287. The number of nitrogens with one attached hydrogen (secondary N) is 1. The maximum atomic E-state index is 8.72. The minimum atomic E-state index is 0.149. The Labute approximate surface area is 90.9 Å². The van der Waals surface area contributed by atoms with Gasteiger partial charge in [0.15, 0.2) is 0 Å². The van der Waals surface area contributed by atoms with Crippen molar-refractivity contribution in [3.05, 3.63) is 10.7 Å². The smallest absolute Gasteiger partial charge is 0.223 e. The summed E-state index contributed by atoms with van der Waals surface area (Å²) in [6.45, 7) is 2.11. The minimum absolute atomic E-state index is 0.149. The van der Waals surface area contributed by atoms with Gasteiger partial charge >= 0.3 is 0 Å². The van der Waals surface area contributed by atoms with Crippen molar-refractivity contribution in [3.8, 4) is 0 Å². The molecule has 0 fully saturated rings. The Morgan fingerprint density at radius 2 is 2.36 bits per heavy atom. The highest BCUT2D eigenvalue weighted by Gasteiger charge is 2.04. The van der Waals surface area contributed by atoms with Gasteiger partial charge in [-0.1, -0.05) is 0 Å². The average molecular weight is 261 g/mol. The van der Waals surface area contributed by atoms with Crippen LogP contribution in [0.1, 0.15) is 13.3 Å². The third-order valence-corrected chi connectivity index (χ3v) is 2.07. The standard InChI is InChI=1S/C8H13BrN4O/c1-5(2-3-14)11-7-4-6(9)12-8(10)13-7/h4-5,14H,2-3H2,1H3,(H3,10,11,12,13). The van der Waals surface area contributed by atoms with Crippen LogP contribution < -0.4 is 11.1 Å². The maximum absolute atomic E-state index is 8.72. The number of aliphatic hydroxyl groups excluding tert-OH is 1. The van der Waals surface area contributed by atoms with E-state index in [9.17, 15) is 0 Å². The molecule has 0 bridgehead atoms. The number of halogens is 1. The van der Waals surface area contributed by atoms with Crippen LogP contribution in [0.2, 0.25) is 0 Å². The van der Waals surface area contributed by atoms with Crippen molar-refractivity contribution < 1.29 is 5.11 Å². The molecule has 1 atom stereocenters. The van der Waals surface area contributed by atoms with Crippen LogP contribution in [0.15, 0.2) is 10.7 Å². The lowest BCUT2D eigenvalue weighted by Crippen LogP contribution is -2.17. The number of nitrogens with zero attached hydrogens (tertiary/aromatic N) is 2. The van der Waals surface area contributed by atoms with Crippen molar-refractivity contribution in [2.75, 3.05) is 17.7 Å². The largest absolute Gasteiger partial charge is 0.396 e. The molecule has 0 aliphatic rings. The fourth-order valence-corrected chi connectivity index (χ4v) is 1.43. The predicted molar refractivity (Wildman–Crippen MR) is 58.9 cm³/mol. The summed E-state index contributed by atoms with van der Waals surface area (Å²) in [6, 6.07) is 1.89. The van der Waals surface area contributed by atoms with Crippen molar-refractivity contribution in [1.29, 1.82) is 0 Å². The summed E-state index contributed by atoms with van der Waals surface area (Å²) >= 11 is 3.22. The van der Waals surface area contributed by atoms with E-state index in [1.54, 1.807) is 6.07 Å². The number of nitrogen functional groups attached to an aromatic ring is 1. The van der Waals surface area contributed by atoms with Crippen molar-refractivity contribution in [1.82, 2.24) is 9.97 Å². The predicted octanol–water partition coefficient (Wildman–Crippen LogP) is 1.00. The number of rotatable bonds is 4. The van der Waals surface area contributed by atoms with E-state index in [0.717, 1.165) is 0 Å². The molecular formula is C8H13BrN4O. The molecule has 0 aliphatic heterocycles. The first-order valence-corrected chi connectivity index (χ1v) is 5.08. The first-order chi connectivity index (χ1) is 6.61. The highest BCUT2D eigenvalue weighted by Crippen LogP contribution is 2.14. The molecule has 0 saturated carbocycles. The van der Waals surface area contributed by atoms with Crippen LogP contribution in [0.3, 0.4) is 0 Å². The first-order valence-electron chi connectivity index (χ1n) is 4.29. The molecule has 78 valence electrons. The van der Waals surface area contributed by atoms with Crippen LogP contribution in [0.5, 0.6) is 0 Å². The third-order valence-electron chi connectivity index (χ3n) is 1.67. The Kier molecular flexibility index (Phi) is 4.09. The minimum Gasteiger partial charge on any atom is -0.396 e. The fraction of sp³-hybridized carbons (Fsp3) is 0.500. The molecule has 4 N–H and O–H groups in total. The van der Waals surface area contributed by atoms with Crippen LogP contribution in [-0.4, -0.2) is 27.7 Å². The SMILES string of the molecule is CC(CCO)Nc1cc(Br)nc(N)n1. The third kappa shape index (κ3) is 3.47. The molecule has 0 spiro atoms. The van der Waals surface area contributed by atoms with Gasteiger partial charge in [-0.3, -0.25) is 0 Å². The number of aromatic nitrogens is 2. The molecule has 0 radical (unpaired) electrons. The van der Waals surface area contributed by atoms with Crippen LogP contribution in [-0.2, 0) is 0 Å². The second kappa shape index (κ2) is 5.11. The number of hydrogen-bond donors (Lipinski definition) is 3. The first kappa shape index (κ1) is 11.2. The zero-order chi connectivity index (χ0) is 10.6. The summed E-state index contributed by atoms with van der Waals surface area (Å²) in [4.78, 5) is 7.88. The number of anilines is 2. The van der Waals surface area contributed by atoms with Crippen LogP contribution in [0, 0.1) is 0 Å². The summed E-state index contributed by atoms with van der Waals surface area (Å²) < 4.78 is 0.642. The van der Waals surface area contributed by atoms with E-state index in [1.807, 2.05) is 6.92 Å². The second-order valence-electron chi connectivity index (χ2n) is 2.99. The van der Waals surface area contributed by atoms with E-state index >= 15 is 0 Å². The van der Waals surface area contributed by atoms with E-state index < -0.39 is 0 Å². The van der Waals surface area contributed by atoms with Gasteiger partial charge in [-0.2, -0.15) is 4.98 Å². The Morgan fingerprint density at radius 1 is 1.64 bits per heavy atom. The lowest BCUT2D eigenvalue weighted by atomic mass is 10.2. The van der Waals surface area contributed by atoms with E-state index in [-0.39, 0.29) is 18.6 Å². The fourth-order valence-electron chi connectivity index (χ4n) is 1.03. The molecule has 0 amide bonds. The molecule has 5 nitrogen and oxygen atoms in total. The van der Waals surface area contributed by atoms with E-state index in [0.29, 0.717) is 16.8 Å². The van der Waals surface area contributed by atoms with Crippen molar-refractivity contribution in [2.45, 2.75) is 19.4 Å². The molecule has 1 unspecified atom stereocenters. The Hall–Kier alpha value is -0.880. The van der Waals surface area contributed by atoms with Gasteiger partial charge in [-0.25, -0.2) is 4.98 Å². The molecule has 6 heteroatoms. The van der Waals surface area contributed by atoms with Crippen LogP contribution >= 0.6 is 15.9 Å². The number of hydrogen-bond acceptors (Lipinski definition) is 5. The lowest BCUT2D eigenvalue weighted by molar-refractivity contribution is 0.282. The van der Waals surface area contributed by atoms with E-state index in [2.05, 4.69) is 31.2 Å². The number of nitrogens with two attached hydrogens (primary N) is 1. The summed E-state index contributed by atoms with van der Waals surface area (Å²) in [5.41, 5.74) is 5.47. The van der Waals surface area contributed by atoms with Gasteiger partial charge in [0, 0.05) is 18.7 Å². The molecular weight excluding hydrogens is 248 g/mol. The van der Waals surface area contributed by atoms with Crippen molar-refractivity contribution in [2.24, 2.45) is 0 Å². The van der Waals surface area contributed by atoms with Gasteiger partial charge in [0.1, 0.15) is 10.4 Å². The highest BCUT2D eigenvalue weighted by molar-refractivity contribution is 9.10. The van der Waals surface area contributed by atoms with Gasteiger partial charge in [-0.15, -0.1) is 0 Å². The van der Waals surface area contributed by atoms with E-state index in [4.69, 9.17) is 10.8 Å². The zero-order valence-electron chi connectivity index (χ0n) is 7.87. The zero-order valence-corrected chi connectivity index (χ0v) is 9.45. The summed E-state index contributed by atoms with van der Waals surface area (Å²) in [5.74, 6) is 0.878. The van der Waals surface area contributed by atoms with Gasteiger partial charge in [0.2, 0.25) is 5.95 Å². The monoisotopic (exact) mass is 260 g/mol. The molecule has 14 heavy (non-hydrogen) atoms. The van der Waals surface area contributed by atoms with Gasteiger partial charge in [0.25, 0.3) is 0 Å². The lowest BCUT2D eigenvalue weighted by Gasteiger charge is -2.13. The van der Waals surface area contributed by atoms with Crippen LogP contribution in [0.4, 0.5) is 11.8 Å². The van der Waals surface area contributed by atoms with Gasteiger partial charge < -0.3 is 16.2 Å². The molecule has 0 aliphatic carbocycles. The quantitative estimate of drug-likeness (QED) is 0.704. The van der Waals surface area contributed by atoms with Crippen molar-refractivity contribution >= 4 is 27.7 Å². The summed E-state index contributed by atoms with van der Waals surface area (Å²) in [6.07, 6.45) is 0.668. The molecule has 1 rings (SSSR count). The topological polar surface area (TPSA) is 84.1 Å². The highest BCUT2D eigenvalue weighted by atomic mass is 79.9.